The maximum absolute atomic E-state index is 12.3. The predicted molar refractivity (Wildman–Crippen MR) is 101 cm³/mol. The number of nitrogens with zero attached hydrogens (tertiary/aromatic N) is 3. The molecule has 0 unspecified atom stereocenters. The van der Waals surface area contributed by atoms with Gasteiger partial charge in [0, 0.05) is 36.9 Å². The molecule has 0 aliphatic heterocycles. The summed E-state index contributed by atoms with van der Waals surface area (Å²) in [7, 11) is 3.19. The van der Waals surface area contributed by atoms with E-state index in [1.54, 1.807) is 26.6 Å². The van der Waals surface area contributed by atoms with E-state index in [0.29, 0.717) is 35.9 Å². The molecular weight excluding hydrogens is 344 g/mol. The van der Waals surface area contributed by atoms with Gasteiger partial charge in [-0.15, -0.1) is 0 Å². The van der Waals surface area contributed by atoms with E-state index in [9.17, 15) is 4.79 Å². The van der Waals surface area contributed by atoms with E-state index in [-0.39, 0.29) is 5.91 Å². The van der Waals surface area contributed by atoms with Gasteiger partial charge in [0.05, 0.1) is 19.8 Å². The molecule has 0 fully saturated rings. The summed E-state index contributed by atoms with van der Waals surface area (Å²) in [5, 5.41) is 2.87. The Morgan fingerprint density at radius 3 is 2.37 bits per heavy atom. The zero-order chi connectivity index (χ0) is 19.1. The van der Waals surface area contributed by atoms with Crippen LogP contribution in [0.4, 0.5) is 0 Å². The molecule has 1 N–H and O–H groups in total. The molecule has 3 aromatic rings. The Bertz CT molecular complexity index is 899. The lowest BCUT2D eigenvalue weighted by atomic mass is 10.1. The number of carbonyl (C=O) groups is 1. The number of carbonyl (C=O) groups excluding carboxylic acids is 1. The van der Waals surface area contributed by atoms with Gasteiger partial charge in [0.15, 0.2) is 17.3 Å². The Balaban J connectivity index is 1.56. The fourth-order valence-corrected chi connectivity index (χ4v) is 2.55. The second-order valence-corrected chi connectivity index (χ2v) is 5.73. The molecule has 2 heterocycles. The summed E-state index contributed by atoms with van der Waals surface area (Å²) < 4.78 is 10.5. The normalized spacial score (nSPS) is 10.3. The second-order valence-electron chi connectivity index (χ2n) is 5.73. The van der Waals surface area contributed by atoms with Gasteiger partial charge < -0.3 is 14.8 Å². The van der Waals surface area contributed by atoms with Crippen molar-refractivity contribution in [3.05, 3.63) is 66.2 Å². The fourth-order valence-electron chi connectivity index (χ4n) is 2.55. The minimum atomic E-state index is -0.211. The van der Waals surface area contributed by atoms with E-state index in [0.717, 1.165) is 11.1 Å². The Kier molecular flexibility index (Phi) is 5.94. The molecule has 0 saturated carbocycles. The Hall–Kier alpha value is -3.48. The third-order valence-electron chi connectivity index (χ3n) is 4.00. The first-order valence-electron chi connectivity index (χ1n) is 8.43. The SMILES string of the molecule is COc1ccc(CCNC(=O)c2cnc(-c3ccncc3)nc2)cc1OC. The number of rotatable bonds is 7. The van der Waals surface area contributed by atoms with Crippen LogP contribution in [0.2, 0.25) is 0 Å². The topological polar surface area (TPSA) is 86.2 Å². The summed E-state index contributed by atoms with van der Waals surface area (Å²) in [6.07, 6.45) is 7.06. The van der Waals surface area contributed by atoms with Crippen LogP contribution >= 0.6 is 0 Å². The quantitative estimate of drug-likeness (QED) is 0.693. The first kappa shape index (κ1) is 18.3. The van der Waals surface area contributed by atoms with Crippen LogP contribution in [0.25, 0.3) is 11.4 Å². The highest BCUT2D eigenvalue weighted by Crippen LogP contribution is 2.27. The number of hydrogen-bond acceptors (Lipinski definition) is 6. The van der Waals surface area contributed by atoms with Gasteiger partial charge in [0.1, 0.15) is 0 Å². The van der Waals surface area contributed by atoms with Crippen molar-refractivity contribution in [3.63, 3.8) is 0 Å². The molecule has 0 atom stereocenters. The van der Waals surface area contributed by atoms with Crippen molar-refractivity contribution in [1.29, 1.82) is 0 Å². The Labute approximate surface area is 157 Å². The molecule has 138 valence electrons. The van der Waals surface area contributed by atoms with E-state index >= 15 is 0 Å². The lowest BCUT2D eigenvalue weighted by molar-refractivity contribution is 0.0953. The van der Waals surface area contributed by atoms with Crippen LogP contribution in [0.15, 0.2) is 55.1 Å². The lowest BCUT2D eigenvalue weighted by Gasteiger charge is -2.10. The summed E-state index contributed by atoms with van der Waals surface area (Å²) in [5.74, 6) is 1.69. The molecule has 0 saturated heterocycles. The van der Waals surface area contributed by atoms with Crippen LogP contribution in [0.1, 0.15) is 15.9 Å². The number of aromatic nitrogens is 3. The van der Waals surface area contributed by atoms with Crippen LogP contribution in [0, 0.1) is 0 Å². The van der Waals surface area contributed by atoms with E-state index in [4.69, 9.17) is 9.47 Å². The smallest absolute Gasteiger partial charge is 0.254 e. The van der Waals surface area contributed by atoms with E-state index in [2.05, 4.69) is 20.3 Å². The van der Waals surface area contributed by atoms with E-state index in [1.165, 1.54) is 12.4 Å². The third kappa shape index (κ3) is 4.58. The van der Waals surface area contributed by atoms with Gasteiger partial charge in [-0.1, -0.05) is 6.07 Å². The average molecular weight is 364 g/mol. The van der Waals surface area contributed by atoms with Gasteiger partial charge in [-0.05, 0) is 36.2 Å². The minimum Gasteiger partial charge on any atom is -0.493 e. The Morgan fingerprint density at radius 1 is 1.00 bits per heavy atom. The van der Waals surface area contributed by atoms with Crippen molar-refractivity contribution in [1.82, 2.24) is 20.3 Å². The van der Waals surface area contributed by atoms with Crippen molar-refractivity contribution < 1.29 is 14.3 Å². The van der Waals surface area contributed by atoms with Gasteiger partial charge in [0.25, 0.3) is 5.91 Å². The number of pyridine rings is 1. The van der Waals surface area contributed by atoms with E-state index in [1.807, 2.05) is 30.3 Å². The molecule has 1 amide bonds. The molecule has 7 nitrogen and oxygen atoms in total. The third-order valence-corrected chi connectivity index (χ3v) is 4.00. The molecule has 0 aliphatic rings. The first-order chi connectivity index (χ1) is 13.2. The van der Waals surface area contributed by atoms with Gasteiger partial charge >= 0.3 is 0 Å². The average Bonchev–Trinajstić information content (AvgIpc) is 2.74. The zero-order valence-electron chi connectivity index (χ0n) is 15.2. The molecule has 0 bridgehead atoms. The number of nitrogens with one attached hydrogen (secondary N) is 1. The Morgan fingerprint density at radius 2 is 1.70 bits per heavy atom. The summed E-state index contributed by atoms with van der Waals surface area (Å²) in [6, 6.07) is 9.33. The monoisotopic (exact) mass is 364 g/mol. The van der Waals surface area contributed by atoms with Crippen molar-refractivity contribution in [2.75, 3.05) is 20.8 Å². The maximum atomic E-state index is 12.3. The lowest BCUT2D eigenvalue weighted by Crippen LogP contribution is -2.26. The van der Waals surface area contributed by atoms with Gasteiger partial charge in [0.2, 0.25) is 0 Å². The molecule has 27 heavy (non-hydrogen) atoms. The van der Waals surface area contributed by atoms with Gasteiger partial charge in [-0.3, -0.25) is 9.78 Å². The van der Waals surface area contributed by atoms with Crippen LogP contribution in [0.3, 0.4) is 0 Å². The maximum Gasteiger partial charge on any atom is 0.254 e. The summed E-state index contributed by atoms with van der Waals surface area (Å²) in [6.45, 7) is 0.487. The van der Waals surface area contributed by atoms with Crippen molar-refractivity contribution in [3.8, 4) is 22.9 Å². The number of amides is 1. The number of benzene rings is 1. The van der Waals surface area contributed by atoms with Gasteiger partial charge in [-0.25, -0.2) is 9.97 Å². The number of ether oxygens (including phenoxy) is 2. The standard InChI is InChI=1S/C20H20N4O3/c1-26-17-4-3-14(11-18(17)27-2)5-10-22-20(25)16-12-23-19(24-13-16)15-6-8-21-9-7-15/h3-4,6-9,11-13H,5,10H2,1-2H3,(H,22,25). The van der Waals surface area contributed by atoms with Crippen LogP contribution in [-0.2, 0) is 6.42 Å². The van der Waals surface area contributed by atoms with Crippen molar-refractivity contribution in [2.45, 2.75) is 6.42 Å². The zero-order valence-corrected chi connectivity index (χ0v) is 15.2. The summed E-state index contributed by atoms with van der Waals surface area (Å²) >= 11 is 0. The van der Waals surface area contributed by atoms with Crippen LogP contribution in [-0.4, -0.2) is 41.6 Å². The molecular formula is C20H20N4O3. The molecule has 0 radical (unpaired) electrons. The van der Waals surface area contributed by atoms with E-state index < -0.39 is 0 Å². The largest absolute Gasteiger partial charge is 0.493 e. The molecule has 7 heteroatoms. The molecule has 2 aromatic heterocycles. The number of methoxy groups -OCH3 is 2. The first-order valence-corrected chi connectivity index (χ1v) is 8.43. The summed E-state index contributed by atoms with van der Waals surface area (Å²) in [5.41, 5.74) is 2.31. The molecule has 1 aromatic carbocycles. The van der Waals surface area contributed by atoms with Gasteiger partial charge in [-0.2, -0.15) is 0 Å². The highest BCUT2D eigenvalue weighted by atomic mass is 16.5. The highest BCUT2D eigenvalue weighted by molar-refractivity contribution is 5.93. The fraction of sp³-hybridized carbons (Fsp3) is 0.200. The van der Waals surface area contributed by atoms with Crippen molar-refractivity contribution >= 4 is 5.91 Å². The second kappa shape index (κ2) is 8.75. The molecule has 3 rings (SSSR count). The van der Waals surface area contributed by atoms with Crippen LogP contribution < -0.4 is 14.8 Å². The van der Waals surface area contributed by atoms with Crippen molar-refractivity contribution in [2.24, 2.45) is 0 Å². The minimum absolute atomic E-state index is 0.211. The summed E-state index contributed by atoms with van der Waals surface area (Å²) in [4.78, 5) is 24.7. The highest BCUT2D eigenvalue weighted by Gasteiger charge is 2.09. The molecule has 0 spiro atoms. The predicted octanol–water partition coefficient (Wildman–Crippen LogP) is 2.53. The molecule has 0 aliphatic carbocycles. The number of hydrogen-bond donors (Lipinski definition) is 1. The van der Waals surface area contributed by atoms with Crippen LogP contribution in [0.5, 0.6) is 11.5 Å².